The van der Waals surface area contributed by atoms with Crippen LogP contribution in [0.4, 0.5) is 35.1 Å². The van der Waals surface area contributed by atoms with Gasteiger partial charge in [0.25, 0.3) is 0 Å². The Morgan fingerprint density at radius 1 is 0.697 bits per heavy atom. The summed E-state index contributed by atoms with van der Waals surface area (Å²) in [5.74, 6) is -20.8. The van der Waals surface area contributed by atoms with Crippen LogP contribution >= 0.6 is 0 Å². The predicted octanol–water partition coefficient (Wildman–Crippen LogP) is 7.15. The first-order valence-corrected chi connectivity index (χ1v) is 10.5. The van der Waals surface area contributed by atoms with Gasteiger partial charge in [-0.2, -0.15) is 8.78 Å². The molecule has 1 aliphatic rings. The number of esters is 1. The molecule has 0 atom stereocenters. The number of carbonyl (C=O) groups excluding carboxylic acids is 1. The smallest absolute Gasteiger partial charge is 0.314 e. The van der Waals surface area contributed by atoms with Gasteiger partial charge in [-0.15, -0.1) is 0 Å². The van der Waals surface area contributed by atoms with E-state index in [1.54, 1.807) is 0 Å². The fraction of sp³-hybridized carbons (Fsp3) is 0.435. The fourth-order valence-electron chi connectivity index (χ4n) is 4.12. The van der Waals surface area contributed by atoms with Crippen LogP contribution in [0, 0.1) is 58.4 Å². The summed E-state index contributed by atoms with van der Waals surface area (Å²) < 4.78 is 120. The van der Waals surface area contributed by atoms with Gasteiger partial charge in [0.05, 0.1) is 17.0 Å². The molecule has 2 aromatic rings. The lowest BCUT2D eigenvalue weighted by atomic mass is 9.81. The van der Waals surface area contributed by atoms with E-state index in [1.165, 1.54) is 6.92 Å². The first-order valence-electron chi connectivity index (χ1n) is 10.5. The Morgan fingerprint density at radius 3 is 1.52 bits per heavy atom. The monoisotopic (exact) mass is 480 g/mol. The maximum Gasteiger partial charge on any atom is 0.314 e. The molecule has 2 aromatic carbocycles. The molecule has 0 spiro atoms. The molecule has 3 rings (SSSR count). The number of hydrogen-bond donors (Lipinski definition) is 0. The first-order chi connectivity index (χ1) is 15.5. The highest BCUT2D eigenvalue weighted by molar-refractivity contribution is 5.76. The summed E-state index contributed by atoms with van der Waals surface area (Å²) >= 11 is 0. The summed E-state index contributed by atoms with van der Waals surface area (Å²) in [6.45, 7) is 3.14. The third kappa shape index (κ3) is 4.31. The van der Waals surface area contributed by atoms with Crippen LogP contribution < -0.4 is 4.74 Å². The number of ether oxygens (including phenoxy) is 1. The molecule has 0 amide bonds. The molecule has 2 nitrogen and oxygen atoms in total. The molecule has 0 saturated heterocycles. The van der Waals surface area contributed by atoms with Gasteiger partial charge >= 0.3 is 5.97 Å². The largest absolute Gasteiger partial charge is 0.420 e. The molecule has 1 fully saturated rings. The second kappa shape index (κ2) is 9.69. The molecule has 1 aliphatic carbocycles. The molecule has 0 radical (unpaired) electrons. The van der Waals surface area contributed by atoms with Crippen LogP contribution in [0.25, 0.3) is 11.1 Å². The van der Waals surface area contributed by atoms with Crippen molar-refractivity contribution in [1.82, 2.24) is 0 Å². The Labute approximate surface area is 184 Å². The molecule has 1 saturated carbocycles. The van der Waals surface area contributed by atoms with E-state index in [2.05, 4.69) is 4.74 Å². The summed E-state index contributed by atoms with van der Waals surface area (Å²) in [6, 6.07) is 0. The van der Waals surface area contributed by atoms with Gasteiger partial charge in [0.2, 0.25) is 17.4 Å². The van der Waals surface area contributed by atoms with Gasteiger partial charge in [0, 0.05) is 5.56 Å². The van der Waals surface area contributed by atoms with Crippen LogP contribution in [0.3, 0.4) is 0 Å². The van der Waals surface area contributed by atoms with Crippen LogP contribution in [0.1, 0.15) is 51.5 Å². The minimum absolute atomic E-state index is 0.350. The van der Waals surface area contributed by atoms with Crippen molar-refractivity contribution in [3.63, 3.8) is 0 Å². The van der Waals surface area contributed by atoms with Crippen LogP contribution in [0.2, 0.25) is 0 Å². The number of rotatable bonds is 5. The van der Waals surface area contributed by atoms with E-state index in [4.69, 9.17) is 0 Å². The number of halogens is 8. The average molecular weight is 480 g/mol. The Balaban J connectivity index is 2.05. The Kier molecular flexibility index (Phi) is 7.33. The summed E-state index contributed by atoms with van der Waals surface area (Å²) in [6.07, 6.45) is 2.40. The highest BCUT2D eigenvalue weighted by Gasteiger charge is 2.36. The van der Waals surface area contributed by atoms with Crippen LogP contribution in [-0.4, -0.2) is 5.97 Å². The van der Waals surface area contributed by atoms with Crippen molar-refractivity contribution in [3.8, 4) is 16.9 Å². The zero-order valence-corrected chi connectivity index (χ0v) is 17.7. The Hall–Kier alpha value is -2.65. The second-order valence-corrected chi connectivity index (χ2v) is 7.97. The lowest BCUT2D eigenvalue weighted by molar-refractivity contribution is -0.140. The highest BCUT2D eigenvalue weighted by atomic mass is 19.2. The summed E-state index contributed by atoms with van der Waals surface area (Å²) in [4.78, 5) is 12.3. The van der Waals surface area contributed by atoms with Gasteiger partial charge < -0.3 is 4.74 Å². The molecule has 10 heteroatoms. The standard InChI is InChI=1S/C23H20F8O2/c1-3-9-5-7-10(8-6-9)23(32)33-22-20(30)18(28)13(19(29)21(22)31)12-16(26)14(24)11(4-2)15(25)17(12)27/h9-10H,3-8H2,1-2H3/t9-,10-. The molecule has 0 aromatic heterocycles. The van der Waals surface area contributed by atoms with Crippen molar-refractivity contribution >= 4 is 5.97 Å². The topological polar surface area (TPSA) is 26.3 Å². The summed E-state index contributed by atoms with van der Waals surface area (Å²) in [5.41, 5.74) is -4.99. The quantitative estimate of drug-likeness (QED) is 0.197. The molecule has 180 valence electrons. The number of carbonyl (C=O) groups is 1. The number of hydrogen-bond acceptors (Lipinski definition) is 2. The normalized spacial score (nSPS) is 18.5. The van der Waals surface area contributed by atoms with E-state index < -0.39 is 87.3 Å². The Bertz CT molecular complexity index is 1030. The van der Waals surface area contributed by atoms with Crippen molar-refractivity contribution in [2.75, 3.05) is 0 Å². The van der Waals surface area contributed by atoms with E-state index in [0.29, 0.717) is 31.6 Å². The molecule has 0 aliphatic heterocycles. The average Bonchev–Trinajstić information content (AvgIpc) is 2.81. The van der Waals surface area contributed by atoms with Crippen LogP contribution in [-0.2, 0) is 11.2 Å². The zero-order chi connectivity index (χ0) is 24.6. The lowest BCUT2D eigenvalue weighted by Crippen LogP contribution is -2.26. The molecule has 33 heavy (non-hydrogen) atoms. The first kappa shape index (κ1) is 25.0. The van der Waals surface area contributed by atoms with Gasteiger partial charge in [0.15, 0.2) is 34.9 Å². The van der Waals surface area contributed by atoms with Gasteiger partial charge in [-0.05, 0) is 38.0 Å². The Morgan fingerprint density at radius 2 is 1.12 bits per heavy atom. The van der Waals surface area contributed by atoms with E-state index >= 15 is 0 Å². The van der Waals surface area contributed by atoms with Crippen molar-refractivity contribution in [2.24, 2.45) is 11.8 Å². The van der Waals surface area contributed by atoms with Crippen molar-refractivity contribution < 1.29 is 44.7 Å². The zero-order valence-electron chi connectivity index (χ0n) is 17.7. The maximum absolute atomic E-state index is 14.6. The number of benzene rings is 2. The van der Waals surface area contributed by atoms with Crippen molar-refractivity contribution in [3.05, 3.63) is 52.1 Å². The van der Waals surface area contributed by atoms with Crippen molar-refractivity contribution in [2.45, 2.75) is 52.4 Å². The van der Waals surface area contributed by atoms with E-state index in [1.807, 2.05) is 6.92 Å². The van der Waals surface area contributed by atoms with Gasteiger partial charge in [0.1, 0.15) is 0 Å². The minimum atomic E-state index is -2.37. The van der Waals surface area contributed by atoms with E-state index in [0.717, 1.165) is 6.42 Å². The predicted molar refractivity (Wildman–Crippen MR) is 102 cm³/mol. The summed E-state index contributed by atoms with van der Waals surface area (Å²) in [7, 11) is 0. The molecule has 0 bridgehead atoms. The highest BCUT2D eigenvalue weighted by Crippen LogP contribution is 2.41. The van der Waals surface area contributed by atoms with Crippen LogP contribution in [0.5, 0.6) is 5.75 Å². The SMILES string of the molecule is CCc1c(F)c(F)c(-c2c(F)c(F)c(OC(=O)[C@H]3CC[C@H](CC)CC3)c(F)c2F)c(F)c1F. The lowest BCUT2D eigenvalue weighted by Gasteiger charge is -2.26. The third-order valence-electron chi connectivity index (χ3n) is 6.14. The molecular weight excluding hydrogens is 460 g/mol. The fourth-order valence-corrected chi connectivity index (χ4v) is 4.12. The molecular formula is C23H20F8O2. The third-order valence-corrected chi connectivity index (χ3v) is 6.14. The van der Waals surface area contributed by atoms with Crippen molar-refractivity contribution in [1.29, 1.82) is 0 Å². The summed E-state index contributed by atoms with van der Waals surface area (Å²) in [5, 5.41) is 0. The van der Waals surface area contributed by atoms with E-state index in [9.17, 15) is 39.9 Å². The van der Waals surface area contributed by atoms with E-state index in [-0.39, 0.29) is 0 Å². The molecule has 0 N–H and O–H groups in total. The van der Waals surface area contributed by atoms with Gasteiger partial charge in [-0.25, -0.2) is 26.3 Å². The maximum atomic E-state index is 14.6. The van der Waals surface area contributed by atoms with Gasteiger partial charge in [-0.1, -0.05) is 20.3 Å². The minimum Gasteiger partial charge on any atom is -0.420 e. The second-order valence-electron chi connectivity index (χ2n) is 7.97. The van der Waals surface area contributed by atoms with Gasteiger partial charge in [-0.3, -0.25) is 4.79 Å². The molecule has 0 heterocycles. The van der Waals surface area contributed by atoms with Crippen LogP contribution in [0.15, 0.2) is 0 Å². The molecule has 0 unspecified atom stereocenters.